The van der Waals surface area contributed by atoms with Crippen LogP contribution in [0, 0.1) is 0 Å². The maximum absolute atomic E-state index is 14.2. The van der Waals surface area contributed by atoms with Crippen molar-refractivity contribution >= 4 is 34.1 Å². The third kappa shape index (κ3) is 1.64. The molecule has 0 atom stereocenters. The summed E-state index contributed by atoms with van der Waals surface area (Å²) < 4.78 is 28.3. The molecule has 3 rings (SSSR count). The molecule has 6 heteroatoms. The molecule has 0 unspecified atom stereocenters. The molecule has 0 N–H and O–H groups in total. The predicted molar refractivity (Wildman–Crippen MR) is 66.7 cm³/mol. The number of hydrogen-bond acceptors (Lipinski definition) is 4. The van der Waals surface area contributed by atoms with E-state index in [1.807, 2.05) is 0 Å². The average molecular weight is 268 g/mol. The highest BCUT2D eigenvalue weighted by Crippen LogP contribution is 2.33. The summed E-state index contributed by atoms with van der Waals surface area (Å²) in [7, 11) is 0. The first-order valence-electron chi connectivity index (χ1n) is 4.82. The zero-order valence-corrected chi connectivity index (χ0v) is 10.1. The third-order valence-corrected chi connectivity index (χ3v) is 4.11. The lowest BCUT2D eigenvalue weighted by atomic mass is 10.1. The monoisotopic (exact) mass is 268 g/mol. The summed E-state index contributed by atoms with van der Waals surface area (Å²) in [4.78, 5) is 0.926. The molecular formula is C11H6F2N2S2. The number of thiophene rings is 2. The fourth-order valence-corrected chi connectivity index (χ4v) is 3.06. The molecule has 0 saturated heterocycles. The minimum Gasteiger partial charge on any atom is -0.192 e. The van der Waals surface area contributed by atoms with Gasteiger partial charge in [-0.1, -0.05) is 12.1 Å². The Hall–Kier alpha value is -1.40. The molecule has 2 nitrogen and oxygen atoms in total. The van der Waals surface area contributed by atoms with Crippen molar-refractivity contribution in [1.82, 2.24) is 0 Å². The molecule has 0 radical (unpaired) electrons. The van der Waals surface area contributed by atoms with E-state index in [0.717, 1.165) is 0 Å². The van der Waals surface area contributed by atoms with E-state index in [2.05, 4.69) is 10.2 Å². The van der Waals surface area contributed by atoms with E-state index in [0.29, 0.717) is 9.75 Å². The minimum absolute atomic E-state index is 0.254. The lowest BCUT2D eigenvalue weighted by Crippen LogP contribution is -2.34. The number of hydrogen-bond donors (Lipinski definition) is 0. The van der Waals surface area contributed by atoms with Gasteiger partial charge in [-0.2, -0.15) is 8.78 Å². The Morgan fingerprint density at radius 1 is 0.882 bits per heavy atom. The summed E-state index contributed by atoms with van der Waals surface area (Å²) >= 11 is 2.48. The number of halogens is 2. The molecule has 0 aromatic carbocycles. The van der Waals surface area contributed by atoms with E-state index in [-0.39, 0.29) is 11.4 Å². The molecule has 0 spiro atoms. The van der Waals surface area contributed by atoms with Crippen molar-refractivity contribution in [3.63, 3.8) is 0 Å². The number of alkyl halides is 2. The summed E-state index contributed by atoms with van der Waals surface area (Å²) in [6, 6.07) is 6.71. The fraction of sp³-hybridized carbons (Fsp3) is 0.0909. The van der Waals surface area contributed by atoms with E-state index in [1.165, 1.54) is 22.7 Å². The van der Waals surface area contributed by atoms with Gasteiger partial charge in [0, 0.05) is 0 Å². The molecule has 1 aliphatic heterocycles. The quantitative estimate of drug-likeness (QED) is 0.794. The topological polar surface area (TPSA) is 24.7 Å². The van der Waals surface area contributed by atoms with Gasteiger partial charge in [0.1, 0.15) is 0 Å². The Balaban J connectivity index is 2.00. The highest BCUT2D eigenvalue weighted by molar-refractivity contribution is 7.13. The highest BCUT2D eigenvalue weighted by atomic mass is 32.1. The van der Waals surface area contributed by atoms with Gasteiger partial charge in [0.25, 0.3) is 0 Å². The molecule has 2 aromatic rings. The largest absolute Gasteiger partial charge is 0.337 e. The van der Waals surface area contributed by atoms with Crippen molar-refractivity contribution in [2.24, 2.45) is 10.2 Å². The van der Waals surface area contributed by atoms with Crippen molar-refractivity contribution in [2.75, 3.05) is 0 Å². The smallest absolute Gasteiger partial charge is 0.192 e. The van der Waals surface area contributed by atoms with Gasteiger partial charge in [-0.25, -0.2) is 0 Å². The Labute approximate surface area is 104 Å². The van der Waals surface area contributed by atoms with E-state index >= 15 is 0 Å². The van der Waals surface area contributed by atoms with E-state index < -0.39 is 5.92 Å². The zero-order chi connectivity index (χ0) is 11.9. The second-order valence-corrected chi connectivity index (χ2v) is 5.32. The summed E-state index contributed by atoms with van der Waals surface area (Å²) in [5, 5.41) is 10.8. The Bertz CT molecular complexity index is 531. The van der Waals surface area contributed by atoms with Crippen LogP contribution in [-0.2, 0) is 0 Å². The van der Waals surface area contributed by atoms with Crippen LogP contribution in [0.1, 0.15) is 9.75 Å². The molecule has 0 fully saturated rings. The Morgan fingerprint density at radius 2 is 1.35 bits per heavy atom. The lowest BCUT2D eigenvalue weighted by molar-refractivity contribution is 0.162. The van der Waals surface area contributed by atoms with Gasteiger partial charge in [-0.05, 0) is 22.9 Å². The molecule has 0 bridgehead atoms. The molecule has 2 aromatic heterocycles. The Kier molecular flexibility index (Phi) is 2.41. The van der Waals surface area contributed by atoms with Gasteiger partial charge < -0.3 is 0 Å². The first-order chi connectivity index (χ1) is 8.19. The van der Waals surface area contributed by atoms with Crippen LogP contribution in [0.2, 0.25) is 0 Å². The van der Waals surface area contributed by atoms with Crippen LogP contribution in [0.15, 0.2) is 45.2 Å². The van der Waals surface area contributed by atoms with Crippen LogP contribution in [0.3, 0.4) is 0 Å². The summed E-state index contributed by atoms with van der Waals surface area (Å²) in [5.74, 6) is -3.10. The first-order valence-corrected chi connectivity index (χ1v) is 6.57. The predicted octanol–water partition coefficient (Wildman–Crippen LogP) is 3.65. The van der Waals surface area contributed by atoms with Crippen LogP contribution in [0.25, 0.3) is 0 Å². The van der Waals surface area contributed by atoms with Crippen LogP contribution >= 0.6 is 22.7 Å². The average Bonchev–Trinajstić information content (AvgIpc) is 2.96. The number of nitrogens with zero attached hydrogens (tertiary/aromatic N) is 2. The van der Waals surface area contributed by atoms with Gasteiger partial charge in [-0.15, -0.1) is 32.9 Å². The highest BCUT2D eigenvalue weighted by Gasteiger charge is 2.48. The van der Waals surface area contributed by atoms with Crippen molar-refractivity contribution in [3.8, 4) is 0 Å². The van der Waals surface area contributed by atoms with Crippen molar-refractivity contribution < 1.29 is 8.78 Å². The molecular weight excluding hydrogens is 262 g/mol. The van der Waals surface area contributed by atoms with Gasteiger partial charge in [0.2, 0.25) is 0 Å². The Morgan fingerprint density at radius 3 is 1.71 bits per heavy atom. The van der Waals surface area contributed by atoms with Crippen LogP contribution < -0.4 is 0 Å². The standard InChI is InChI=1S/C11H6F2N2S2/c12-11(13)9(7-3-1-5-16-7)14-15-10(11)8-4-2-6-17-8/h1-6H. The normalized spacial score (nSPS) is 18.0. The SMILES string of the molecule is FC1(F)C(c2cccs2)=NN=C1c1cccs1. The molecule has 0 saturated carbocycles. The summed E-state index contributed by atoms with van der Waals surface area (Å²) in [6.07, 6.45) is 0. The maximum Gasteiger partial charge on any atom is 0.337 e. The van der Waals surface area contributed by atoms with Crippen molar-refractivity contribution in [3.05, 3.63) is 44.8 Å². The molecule has 86 valence electrons. The molecule has 17 heavy (non-hydrogen) atoms. The van der Waals surface area contributed by atoms with E-state index in [9.17, 15) is 8.78 Å². The van der Waals surface area contributed by atoms with Gasteiger partial charge in [0.15, 0.2) is 11.4 Å². The summed E-state index contributed by atoms with van der Waals surface area (Å²) in [6.45, 7) is 0. The van der Waals surface area contributed by atoms with Crippen LogP contribution in [-0.4, -0.2) is 17.3 Å². The van der Waals surface area contributed by atoms with Crippen molar-refractivity contribution in [1.29, 1.82) is 0 Å². The van der Waals surface area contributed by atoms with Crippen molar-refractivity contribution in [2.45, 2.75) is 5.92 Å². The third-order valence-electron chi connectivity index (χ3n) is 2.35. The zero-order valence-electron chi connectivity index (χ0n) is 8.43. The lowest BCUT2D eigenvalue weighted by Gasteiger charge is -2.12. The van der Waals surface area contributed by atoms with Gasteiger partial charge in [0.05, 0.1) is 9.75 Å². The maximum atomic E-state index is 14.2. The molecule has 0 aliphatic carbocycles. The van der Waals surface area contributed by atoms with E-state index in [1.54, 1.807) is 35.0 Å². The van der Waals surface area contributed by atoms with Crippen LogP contribution in [0.5, 0.6) is 0 Å². The van der Waals surface area contributed by atoms with Gasteiger partial charge >= 0.3 is 5.92 Å². The number of rotatable bonds is 2. The first kappa shape index (κ1) is 10.7. The van der Waals surface area contributed by atoms with E-state index in [4.69, 9.17) is 0 Å². The molecule has 0 amide bonds. The fourth-order valence-electron chi connectivity index (χ4n) is 1.57. The minimum atomic E-state index is -3.10. The molecule has 3 heterocycles. The summed E-state index contributed by atoms with van der Waals surface area (Å²) in [5.41, 5.74) is -0.508. The van der Waals surface area contributed by atoms with Crippen LogP contribution in [0.4, 0.5) is 8.78 Å². The van der Waals surface area contributed by atoms with Gasteiger partial charge in [-0.3, -0.25) is 0 Å². The second kappa shape index (κ2) is 3.82. The molecule has 1 aliphatic rings. The second-order valence-electron chi connectivity index (χ2n) is 3.43.